The van der Waals surface area contributed by atoms with Gasteiger partial charge >= 0.3 is 0 Å². The summed E-state index contributed by atoms with van der Waals surface area (Å²) >= 11 is 1.17. The van der Waals surface area contributed by atoms with E-state index in [1.807, 2.05) is 38.1 Å². The van der Waals surface area contributed by atoms with Crippen molar-refractivity contribution in [2.45, 2.75) is 38.3 Å². The van der Waals surface area contributed by atoms with Crippen LogP contribution in [0.25, 0.3) is 5.69 Å². The highest BCUT2D eigenvalue weighted by Gasteiger charge is 2.21. The predicted octanol–water partition coefficient (Wildman–Crippen LogP) is 2.54. The van der Waals surface area contributed by atoms with Gasteiger partial charge in [0.15, 0.2) is 5.16 Å². The molecular formula is C21H27N3O4S. The van der Waals surface area contributed by atoms with Gasteiger partial charge in [-0.3, -0.25) is 14.2 Å². The van der Waals surface area contributed by atoms with Crippen LogP contribution in [0.2, 0.25) is 0 Å². The van der Waals surface area contributed by atoms with Gasteiger partial charge in [-0.05, 0) is 31.9 Å². The van der Waals surface area contributed by atoms with E-state index in [1.165, 1.54) is 16.3 Å². The van der Waals surface area contributed by atoms with E-state index in [0.717, 1.165) is 18.4 Å². The van der Waals surface area contributed by atoms with Crippen LogP contribution in [-0.2, 0) is 16.0 Å². The van der Waals surface area contributed by atoms with Gasteiger partial charge in [0.05, 0.1) is 30.2 Å². The van der Waals surface area contributed by atoms with Crippen molar-refractivity contribution in [2.24, 2.45) is 0 Å². The fraction of sp³-hybridized carbons (Fsp3) is 0.476. The lowest BCUT2D eigenvalue weighted by molar-refractivity contribution is -0.132. The number of hydrogen-bond donors (Lipinski definition) is 1. The molecule has 29 heavy (non-hydrogen) atoms. The van der Waals surface area contributed by atoms with Crippen molar-refractivity contribution in [3.63, 3.8) is 0 Å². The Morgan fingerprint density at radius 2 is 1.93 bits per heavy atom. The second-order valence-electron chi connectivity index (χ2n) is 7.06. The summed E-state index contributed by atoms with van der Waals surface area (Å²) in [4.78, 5) is 31.7. The summed E-state index contributed by atoms with van der Waals surface area (Å²) in [7, 11) is 0. The molecule has 8 heteroatoms. The van der Waals surface area contributed by atoms with E-state index in [0.29, 0.717) is 49.1 Å². The number of unbranched alkanes of at least 4 members (excludes halogenated alkanes) is 1. The van der Waals surface area contributed by atoms with Crippen LogP contribution in [0.15, 0.2) is 34.2 Å². The van der Waals surface area contributed by atoms with Gasteiger partial charge in [0.1, 0.15) is 0 Å². The third-order valence-electron chi connectivity index (χ3n) is 4.89. The Labute approximate surface area is 174 Å². The summed E-state index contributed by atoms with van der Waals surface area (Å²) in [5.74, 6) is -0.128. The number of thioether (sulfide) groups is 1. The van der Waals surface area contributed by atoms with Gasteiger partial charge in [0.25, 0.3) is 5.56 Å². The average Bonchev–Trinajstić information content (AvgIpc) is 2.73. The van der Waals surface area contributed by atoms with Gasteiger partial charge in [0.2, 0.25) is 11.8 Å². The Kier molecular flexibility index (Phi) is 7.33. The molecule has 0 bridgehead atoms. The van der Waals surface area contributed by atoms with Crippen molar-refractivity contribution in [1.29, 1.82) is 0 Å². The number of carbonyl (C=O) groups excluding carboxylic acids is 1. The van der Waals surface area contributed by atoms with Crippen LogP contribution in [0.3, 0.4) is 0 Å². The maximum absolute atomic E-state index is 13.2. The summed E-state index contributed by atoms with van der Waals surface area (Å²) in [6, 6.07) is 7.56. The van der Waals surface area contributed by atoms with Crippen LogP contribution in [0, 0.1) is 6.92 Å². The number of ether oxygens (including phenoxy) is 1. The molecule has 0 aliphatic carbocycles. The zero-order valence-corrected chi connectivity index (χ0v) is 17.7. The number of amides is 1. The van der Waals surface area contributed by atoms with E-state index in [2.05, 4.69) is 4.98 Å². The third-order valence-corrected chi connectivity index (χ3v) is 5.81. The van der Waals surface area contributed by atoms with E-state index in [4.69, 9.17) is 4.74 Å². The maximum Gasteiger partial charge on any atom is 0.265 e. The minimum absolute atomic E-state index is 0.0300. The van der Waals surface area contributed by atoms with E-state index in [9.17, 15) is 14.7 Å². The highest BCUT2D eigenvalue weighted by molar-refractivity contribution is 7.99. The molecule has 0 radical (unpaired) electrons. The Hall–Kier alpha value is -2.32. The number of aromatic hydroxyl groups is 1. The first kappa shape index (κ1) is 21.4. The Morgan fingerprint density at radius 1 is 1.24 bits per heavy atom. The van der Waals surface area contributed by atoms with Crippen molar-refractivity contribution < 1.29 is 14.6 Å². The van der Waals surface area contributed by atoms with Gasteiger partial charge in [-0.2, -0.15) is 4.98 Å². The molecule has 1 aliphatic rings. The number of nitrogens with zero attached hydrogens (tertiary/aromatic N) is 3. The molecule has 156 valence electrons. The SMILES string of the molecule is CCCCc1c(O)nc(SCC(=O)N2CCOCC2)n(-c2ccc(C)cc2)c1=O. The van der Waals surface area contributed by atoms with Crippen LogP contribution in [0.1, 0.15) is 30.9 Å². The fourth-order valence-electron chi connectivity index (χ4n) is 3.15. The molecule has 1 aliphatic heterocycles. The maximum atomic E-state index is 13.2. The molecule has 7 nitrogen and oxygen atoms in total. The van der Waals surface area contributed by atoms with Gasteiger partial charge in [-0.15, -0.1) is 0 Å². The summed E-state index contributed by atoms with van der Waals surface area (Å²) in [6.45, 7) is 6.22. The van der Waals surface area contributed by atoms with Crippen LogP contribution in [-0.4, -0.2) is 57.5 Å². The number of aryl methyl sites for hydroxylation is 1. The van der Waals surface area contributed by atoms with Crippen LogP contribution >= 0.6 is 11.8 Å². The standard InChI is InChI=1S/C21H27N3O4S/c1-3-4-5-17-19(26)22-21(29-14-18(25)23-10-12-28-13-11-23)24(20(17)27)16-8-6-15(2)7-9-16/h6-9,26H,3-5,10-14H2,1-2H3. The lowest BCUT2D eigenvalue weighted by Gasteiger charge is -2.26. The number of carbonyl (C=O) groups is 1. The summed E-state index contributed by atoms with van der Waals surface area (Å²) < 4.78 is 6.79. The Morgan fingerprint density at radius 3 is 2.59 bits per heavy atom. The normalized spacial score (nSPS) is 14.2. The van der Waals surface area contributed by atoms with Crippen molar-refractivity contribution in [1.82, 2.24) is 14.5 Å². The average molecular weight is 418 g/mol. The molecule has 0 atom stereocenters. The Balaban J connectivity index is 1.93. The van der Waals surface area contributed by atoms with Gasteiger partial charge in [-0.25, -0.2) is 0 Å². The minimum Gasteiger partial charge on any atom is -0.493 e. The van der Waals surface area contributed by atoms with Gasteiger partial charge < -0.3 is 14.7 Å². The third kappa shape index (κ3) is 5.19. The summed E-state index contributed by atoms with van der Waals surface area (Å²) in [6.07, 6.45) is 2.17. The summed E-state index contributed by atoms with van der Waals surface area (Å²) in [5, 5.41) is 10.7. The second-order valence-corrected chi connectivity index (χ2v) is 8.00. The molecule has 0 spiro atoms. The van der Waals surface area contributed by atoms with Crippen LogP contribution < -0.4 is 5.56 Å². The Bertz CT molecular complexity index is 905. The highest BCUT2D eigenvalue weighted by Crippen LogP contribution is 2.24. The van der Waals surface area contributed by atoms with Gasteiger partial charge in [0, 0.05) is 13.1 Å². The van der Waals surface area contributed by atoms with E-state index in [1.54, 1.807) is 4.90 Å². The molecule has 1 saturated heterocycles. The zero-order chi connectivity index (χ0) is 20.8. The molecule has 2 aromatic rings. The van der Waals surface area contributed by atoms with Gasteiger partial charge in [-0.1, -0.05) is 42.8 Å². The monoisotopic (exact) mass is 417 g/mol. The molecule has 0 unspecified atom stereocenters. The fourth-order valence-corrected chi connectivity index (χ4v) is 4.05. The first-order valence-corrected chi connectivity index (χ1v) is 10.9. The number of rotatable bonds is 7. The molecule has 1 fully saturated rings. The largest absolute Gasteiger partial charge is 0.493 e. The van der Waals surface area contributed by atoms with Crippen molar-refractivity contribution in [2.75, 3.05) is 32.1 Å². The number of aromatic nitrogens is 2. The van der Waals surface area contributed by atoms with E-state index in [-0.39, 0.29) is 23.1 Å². The molecule has 0 saturated carbocycles. The van der Waals surface area contributed by atoms with E-state index >= 15 is 0 Å². The van der Waals surface area contributed by atoms with Crippen LogP contribution in [0.5, 0.6) is 5.88 Å². The molecule has 1 aromatic heterocycles. The molecule has 1 aromatic carbocycles. The highest BCUT2D eigenvalue weighted by atomic mass is 32.2. The van der Waals surface area contributed by atoms with Crippen LogP contribution in [0.4, 0.5) is 0 Å². The van der Waals surface area contributed by atoms with Crippen molar-refractivity contribution >= 4 is 17.7 Å². The lowest BCUT2D eigenvalue weighted by Crippen LogP contribution is -2.41. The lowest BCUT2D eigenvalue weighted by atomic mass is 10.1. The zero-order valence-electron chi connectivity index (χ0n) is 16.9. The first-order valence-electron chi connectivity index (χ1n) is 9.91. The number of morpholine rings is 1. The number of benzene rings is 1. The first-order chi connectivity index (χ1) is 14.0. The minimum atomic E-state index is -0.281. The van der Waals surface area contributed by atoms with Crippen molar-refractivity contribution in [3.05, 3.63) is 45.7 Å². The molecule has 1 N–H and O–H groups in total. The molecule has 2 heterocycles. The molecular weight excluding hydrogens is 390 g/mol. The van der Waals surface area contributed by atoms with Crippen molar-refractivity contribution in [3.8, 4) is 11.6 Å². The topological polar surface area (TPSA) is 84.7 Å². The second kappa shape index (κ2) is 9.93. The predicted molar refractivity (Wildman–Crippen MR) is 113 cm³/mol. The number of hydrogen-bond acceptors (Lipinski definition) is 6. The molecule has 1 amide bonds. The smallest absolute Gasteiger partial charge is 0.265 e. The van der Waals surface area contributed by atoms with E-state index < -0.39 is 0 Å². The molecule has 3 rings (SSSR count). The summed E-state index contributed by atoms with van der Waals surface area (Å²) in [5.41, 5.74) is 1.79. The quantitative estimate of drug-likeness (QED) is 0.551.